The molecule has 0 saturated carbocycles. The van der Waals surface area contributed by atoms with E-state index in [9.17, 15) is 24.0 Å². The molecule has 3 atom stereocenters. The summed E-state index contributed by atoms with van der Waals surface area (Å²) in [5.74, 6) is -2.13. The van der Waals surface area contributed by atoms with Crippen LogP contribution in [0, 0.1) is 5.92 Å². The van der Waals surface area contributed by atoms with Crippen molar-refractivity contribution < 1.29 is 47.7 Å². The molecule has 4 aromatic rings. The van der Waals surface area contributed by atoms with Crippen molar-refractivity contribution in [2.24, 2.45) is 5.92 Å². The lowest BCUT2D eigenvalue weighted by molar-refractivity contribution is -0.152. The Kier molecular flexibility index (Phi) is 15.3. The van der Waals surface area contributed by atoms with Gasteiger partial charge < -0.3 is 23.7 Å². The Morgan fingerprint density at radius 2 is 1.24 bits per heavy atom. The first-order valence-electron chi connectivity index (χ1n) is 18.1. The molecule has 1 aliphatic heterocycles. The molecule has 1 N–H and O–H groups in total. The SMILES string of the molecule is C=CCOC(=O)Nc1ccc(OCC(=O)S[C@@H]2[C@@H]([C@@H](C)OC(=O)OCC=C)C(=O)N2C(C(=O)OCC=C)=P(c2ccccc2)(c2ccccc2)c2ccccc2)cc1. The Labute approximate surface area is 341 Å². The van der Waals surface area contributed by atoms with Crippen molar-refractivity contribution in [2.75, 3.05) is 31.7 Å². The van der Waals surface area contributed by atoms with E-state index < -0.39 is 60.1 Å². The molecule has 4 aromatic carbocycles. The van der Waals surface area contributed by atoms with E-state index in [0.717, 1.165) is 27.7 Å². The van der Waals surface area contributed by atoms with Crippen molar-refractivity contribution in [3.8, 4) is 5.75 Å². The number of esters is 1. The van der Waals surface area contributed by atoms with Crippen molar-refractivity contribution in [3.63, 3.8) is 0 Å². The second-order valence-electron chi connectivity index (χ2n) is 12.5. The topological polar surface area (TPSA) is 147 Å². The first-order chi connectivity index (χ1) is 28.1. The third kappa shape index (κ3) is 9.98. The normalized spacial score (nSPS) is 15.1. The van der Waals surface area contributed by atoms with Crippen LogP contribution in [0.1, 0.15) is 6.92 Å². The van der Waals surface area contributed by atoms with Gasteiger partial charge in [-0.05, 0) is 47.1 Å². The lowest BCUT2D eigenvalue weighted by atomic mass is 9.92. The number of β-lactam (4-membered cyclic amide) rings is 1. The molecular formula is C44H43N2O10PS. The van der Waals surface area contributed by atoms with Crippen molar-refractivity contribution in [1.82, 2.24) is 4.90 Å². The maximum atomic E-state index is 14.8. The van der Waals surface area contributed by atoms with Gasteiger partial charge in [-0.1, -0.05) is 141 Å². The first kappa shape index (κ1) is 42.8. The number of hydrogen-bond acceptors (Lipinski definition) is 11. The van der Waals surface area contributed by atoms with E-state index >= 15 is 0 Å². The first-order valence-corrected chi connectivity index (χ1v) is 20.8. The van der Waals surface area contributed by atoms with Crippen LogP contribution in [0.5, 0.6) is 5.75 Å². The van der Waals surface area contributed by atoms with Crippen LogP contribution >= 0.6 is 18.6 Å². The smallest absolute Gasteiger partial charge is 0.485 e. The standard InChI is InChI=1S/C44H43N2O10PS/c1-5-27-52-42(49)40(57(34-17-11-8-12-18-34,35-19-13-9-14-20-35)36-21-15-10-16-22-36)46-39(48)38(31(4)56-44(51)54-29-7-3)41(46)58-37(47)30-55-33-25-23-32(24-26-33)45-43(50)53-28-6-2/h5-26,31,38,41H,1-3,27-30H2,4H3,(H,45,50)/t31-,38+,41-/m1/s1. The number of nitrogens with one attached hydrogen (secondary N) is 1. The predicted octanol–water partition coefficient (Wildman–Crippen LogP) is 6.43. The molecular weight excluding hydrogens is 780 g/mol. The Balaban J connectivity index is 1.61. The lowest BCUT2D eigenvalue weighted by Gasteiger charge is -2.50. The Hall–Kier alpha value is -6.30. The summed E-state index contributed by atoms with van der Waals surface area (Å²) in [5, 5.41) is 3.25. The third-order valence-electron chi connectivity index (χ3n) is 8.72. The number of hydrogen-bond donors (Lipinski definition) is 1. The summed E-state index contributed by atoms with van der Waals surface area (Å²) in [6.45, 7) is 8.31. The van der Waals surface area contributed by atoms with Gasteiger partial charge in [-0.2, -0.15) is 0 Å². The molecule has 5 rings (SSSR count). The number of nitrogens with zero attached hydrogens (tertiary/aromatic N) is 1. The quantitative estimate of drug-likeness (QED) is 0.0390. The predicted molar refractivity (Wildman–Crippen MR) is 227 cm³/mol. The number of likely N-dealkylation sites (tertiary alicyclic amines) is 1. The maximum absolute atomic E-state index is 14.8. The second kappa shape index (κ2) is 20.7. The van der Waals surface area contributed by atoms with E-state index in [1.807, 2.05) is 91.0 Å². The van der Waals surface area contributed by atoms with E-state index in [-0.39, 0.29) is 25.2 Å². The van der Waals surface area contributed by atoms with Gasteiger partial charge in [0.1, 0.15) is 48.4 Å². The van der Waals surface area contributed by atoms with Crippen molar-refractivity contribution in [2.45, 2.75) is 18.4 Å². The van der Waals surface area contributed by atoms with E-state index in [1.54, 1.807) is 24.3 Å². The molecule has 300 valence electrons. The minimum Gasteiger partial charge on any atom is -0.485 e. The largest absolute Gasteiger partial charge is 0.508 e. The average Bonchev–Trinajstić information content (AvgIpc) is 3.24. The highest BCUT2D eigenvalue weighted by atomic mass is 32.2. The van der Waals surface area contributed by atoms with Crippen molar-refractivity contribution in [3.05, 3.63) is 153 Å². The highest BCUT2D eigenvalue weighted by molar-refractivity contribution is 8.14. The molecule has 12 nitrogen and oxygen atoms in total. The van der Waals surface area contributed by atoms with Gasteiger partial charge in [0.05, 0.1) is 0 Å². The van der Waals surface area contributed by atoms with Crippen LogP contribution in [-0.2, 0) is 33.3 Å². The van der Waals surface area contributed by atoms with Crippen LogP contribution < -0.4 is 26.0 Å². The van der Waals surface area contributed by atoms with Crippen LogP contribution in [0.25, 0.3) is 0 Å². The van der Waals surface area contributed by atoms with Gasteiger partial charge in [0.25, 0.3) is 0 Å². The Bertz CT molecular complexity index is 2060. The number of carbonyl (C=O) groups excluding carboxylic acids is 5. The molecule has 1 fully saturated rings. The van der Waals surface area contributed by atoms with E-state index in [4.69, 9.17) is 23.7 Å². The summed E-state index contributed by atoms with van der Waals surface area (Å²) in [6, 6.07) is 34.5. The Morgan fingerprint density at radius 1 is 0.741 bits per heavy atom. The minimum atomic E-state index is -3.31. The number of anilines is 1. The number of amides is 2. The molecule has 0 bridgehead atoms. The van der Waals surface area contributed by atoms with Crippen LogP contribution in [0.2, 0.25) is 0 Å². The summed E-state index contributed by atoms with van der Waals surface area (Å²) in [5.41, 5.74) is 0.462. The molecule has 14 heteroatoms. The Morgan fingerprint density at radius 3 is 1.76 bits per heavy atom. The molecule has 0 spiro atoms. The lowest BCUT2D eigenvalue weighted by Crippen LogP contribution is -2.67. The summed E-state index contributed by atoms with van der Waals surface area (Å²) in [7, 11) is 0. The molecule has 0 unspecified atom stereocenters. The number of ether oxygens (including phenoxy) is 5. The van der Waals surface area contributed by atoms with E-state index in [1.165, 1.54) is 30.1 Å². The number of rotatable bonds is 18. The van der Waals surface area contributed by atoms with Gasteiger partial charge in [-0.15, -0.1) is 0 Å². The van der Waals surface area contributed by atoms with E-state index in [2.05, 4.69) is 25.1 Å². The average molecular weight is 823 g/mol. The highest BCUT2D eigenvalue weighted by Crippen LogP contribution is 2.51. The van der Waals surface area contributed by atoms with Gasteiger partial charge in [0, 0.05) is 12.6 Å². The summed E-state index contributed by atoms with van der Waals surface area (Å²) >= 11 is 0.770. The van der Waals surface area contributed by atoms with Crippen LogP contribution in [-0.4, -0.2) is 77.5 Å². The zero-order valence-electron chi connectivity index (χ0n) is 31.8. The van der Waals surface area contributed by atoms with Gasteiger partial charge in [-0.25, -0.2) is 14.4 Å². The molecule has 0 aromatic heterocycles. The number of thioether (sulfide) groups is 1. The van der Waals surface area contributed by atoms with Crippen molar-refractivity contribution in [1.29, 1.82) is 0 Å². The summed E-state index contributed by atoms with van der Waals surface area (Å²) in [6.07, 6.45) is 1.47. The fourth-order valence-corrected chi connectivity index (χ4v) is 11.9. The maximum Gasteiger partial charge on any atom is 0.508 e. The fourth-order valence-electron chi connectivity index (χ4n) is 6.25. The molecule has 1 saturated heterocycles. The molecule has 1 heterocycles. The van der Waals surface area contributed by atoms with E-state index in [0.29, 0.717) is 11.4 Å². The third-order valence-corrected chi connectivity index (χ3v) is 14.1. The fraction of sp³-hybridized carbons (Fsp3) is 0.182. The zero-order chi connectivity index (χ0) is 41.5. The van der Waals surface area contributed by atoms with Crippen LogP contribution in [0.4, 0.5) is 15.3 Å². The van der Waals surface area contributed by atoms with Crippen LogP contribution in [0.3, 0.4) is 0 Å². The van der Waals surface area contributed by atoms with Gasteiger partial charge in [0.2, 0.25) is 11.0 Å². The molecule has 0 aliphatic carbocycles. The summed E-state index contributed by atoms with van der Waals surface area (Å²) in [4.78, 5) is 69.2. The summed E-state index contributed by atoms with van der Waals surface area (Å²) < 4.78 is 27.1. The van der Waals surface area contributed by atoms with Gasteiger partial charge >= 0.3 is 18.2 Å². The number of carbonyl (C=O) groups is 5. The zero-order valence-corrected chi connectivity index (χ0v) is 33.5. The molecule has 2 amide bonds. The second-order valence-corrected chi connectivity index (χ2v) is 17.0. The molecule has 1 aliphatic rings. The molecule has 0 radical (unpaired) electrons. The monoisotopic (exact) mass is 822 g/mol. The van der Waals surface area contributed by atoms with Crippen molar-refractivity contribution >= 4 is 74.9 Å². The molecule has 58 heavy (non-hydrogen) atoms. The number of benzene rings is 4. The van der Waals surface area contributed by atoms with Gasteiger partial charge in [-0.3, -0.25) is 19.8 Å². The van der Waals surface area contributed by atoms with Crippen LogP contribution in [0.15, 0.2) is 153 Å². The van der Waals surface area contributed by atoms with Gasteiger partial charge in [0.15, 0.2) is 6.61 Å². The highest BCUT2D eigenvalue weighted by Gasteiger charge is 2.57. The minimum absolute atomic E-state index is 0.0292.